The molecule has 0 radical (unpaired) electrons. The smallest absolute Gasteiger partial charge is 0.277 e. The number of hydrogen-bond donors (Lipinski definition) is 2. The summed E-state index contributed by atoms with van der Waals surface area (Å²) in [7, 11) is 3.68. The molecule has 0 bridgehead atoms. The highest BCUT2D eigenvalue weighted by Crippen LogP contribution is 2.30. The molecule has 2 atom stereocenters. The van der Waals surface area contributed by atoms with Gasteiger partial charge in [0.05, 0.1) is 0 Å². The zero-order valence-corrected chi connectivity index (χ0v) is 17.8. The molecule has 0 spiro atoms. The lowest BCUT2D eigenvalue weighted by Crippen LogP contribution is -2.54. The molecule has 0 aliphatic carbocycles. The number of rotatable bonds is 10. The van der Waals surface area contributed by atoms with Crippen LogP contribution in [0.4, 0.5) is 5.82 Å². The third-order valence-electron chi connectivity index (χ3n) is 5.84. The van der Waals surface area contributed by atoms with E-state index in [1.54, 1.807) is 11.9 Å². The number of aromatic amines is 1. The maximum Gasteiger partial charge on any atom is 0.277 e. The first-order valence-electron chi connectivity index (χ1n) is 10.4. The Morgan fingerprint density at radius 2 is 2.00 bits per heavy atom. The summed E-state index contributed by atoms with van der Waals surface area (Å²) in [4.78, 5) is 21.0. The van der Waals surface area contributed by atoms with Crippen LogP contribution in [0.5, 0.6) is 0 Å². The van der Waals surface area contributed by atoms with Crippen molar-refractivity contribution in [3.8, 4) is 0 Å². The van der Waals surface area contributed by atoms with E-state index in [0.29, 0.717) is 29.8 Å². The summed E-state index contributed by atoms with van der Waals surface area (Å²) in [5.41, 5.74) is 0.559. The van der Waals surface area contributed by atoms with E-state index in [1.807, 2.05) is 11.6 Å². The summed E-state index contributed by atoms with van der Waals surface area (Å²) < 4.78 is 1.89. The summed E-state index contributed by atoms with van der Waals surface area (Å²) in [6.45, 7) is 4.90. The van der Waals surface area contributed by atoms with Gasteiger partial charge in [-0.15, -0.1) is 10.2 Å². The van der Waals surface area contributed by atoms with Gasteiger partial charge in [-0.2, -0.15) is 5.21 Å². The van der Waals surface area contributed by atoms with Crippen LogP contribution in [-0.4, -0.2) is 66.0 Å². The fraction of sp³-hybridized carbons (Fsp3) is 0.737. The lowest BCUT2D eigenvalue weighted by atomic mass is 10.0. The molecule has 0 saturated heterocycles. The summed E-state index contributed by atoms with van der Waals surface area (Å²) >= 11 is 0. The van der Waals surface area contributed by atoms with E-state index >= 15 is 0 Å². The van der Waals surface area contributed by atoms with Crippen LogP contribution < -0.4 is 4.90 Å². The normalized spacial score (nSPS) is 17.7. The Bertz CT molecular complexity index is 803. The molecule has 2 aromatic heterocycles. The van der Waals surface area contributed by atoms with E-state index in [1.165, 1.54) is 4.90 Å². The number of anilines is 1. The number of amides is 1. The van der Waals surface area contributed by atoms with Gasteiger partial charge in [-0.05, 0) is 25.2 Å². The van der Waals surface area contributed by atoms with Crippen molar-refractivity contribution < 1.29 is 9.90 Å². The number of aromatic nitrogens is 6. The molecule has 2 unspecified atom stereocenters. The Morgan fingerprint density at radius 3 is 2.69 bits per heavy atom. The molecule has 3 heterocycles. The number of aryl methyl sites for hydroxylation is 2. The van der Waals surface area contributed by atoms with E-state index in [9.17, 15) is 9.90 Å². The Morgan fingerprint density at radius 1 is 1.21 bits per heavy atom. The Kier molecular flexibility index (Phi) is 6.83. The molecular weight excluding hydrogens is 372 g/mol. The third kappa shape index (κ3) is 4.58. The van der Waals surface area contributed by atoms with Gasteiger partial charge in [0.15, 0.2) is 17.3 Å². The Balaban J connectivity index is 1.62. The average molecular weight is 405 g/mol. The van der Waals surface area contributed by atoms with E-state index in [2.05, 4.69) is 39.5 Å². The molecule has 1 aliphatic heterocycles. The van der Waals surface area contributed by atoms with E-state index in [-0.39, 0.29) is 5.91 Å². The summed E-state index contributed by atoms with van der Waals surface area (Å²) in [6, 6.07) is 0. The SMILES string of the molecule is CCC(C)CCc1nc2c(n1C)C(=O)N(CCCCCc1nn[nH]n1)C(O)N2C. The number of carbonyl (C=O) groups is 1. The first kappa shape index (κ1) is 21.2. The zero-order chi connectivity index (χ0) is 21.0. The minimum atomic E-state index is -0.996. The molecule has 10 heteroatoms. The Hall–Kier alpha value is -2.49. The molecule has 0 saturated carbocycles. The van der Waals surface area contributed by atoms with Crippen molar-refractivity contribution in [3.63, 3.8) is 0 Å². The molecule has 29 heavy (non-hydrogen) atoms. The number of carbonyl (C=O) groups excluding carboxylic acids is 1. The monoisotopic (exact) mass is 404 g/mol. The van der Waals surface area contributed by atoms with Crippen LogP contribution in [0, 0.1) is 5.92 Å². The van der Waals surface area contributed by atoms with E-state index < -0.39 is 6.35 Å². The summed E-state index contributed by atoms with van der Waals surface area (Å²) in [5, 5.41) is 24.5. The van der Waals surface area contributed by atoms with Gasteiger partial charge in [0, 0.05) is 33.5 Å². The highest BCUT2D eigenvalue weighted by molar-refractivity contribution is 5.99. The standard InChI is InChI=1S/C19H32N8O2/c1-5-13(2)10-11-15-20-17-16(25(15)3)18(28)27(19(29)26(17)4)12-8-6-7-9-14-21-23-24-22-14/h13,19,29H,5-12H2,1-4H3,(H,21,22,23,24). The minimum Gasteiger partial charge on any atom is -0.356 e. The third-order valence-corrected chi connectivity index (χ3v) is 5.84. The van der Waals surface area contributed by atoms with Gasteiger partial charge in [-0.1, -0.05) is 31.9 Å². The predicted molar refractivity (Wildman–Crippen MR) is 108 cm³/mol. The van der Waals surface area contributed by atoms with Crippen LogP contribution in [0.2, 0.25) is 0 Å². The lowest BCUT2D eigenvalue weighted by molar-refractivity contribution is 0.00249. The Labute approximate surface area is 171 Å². The second kappa shape index (κ2) is 9.34. The van der Waals surface area contributed by atoms with Crippen molar-refractivity contribution in [1.82, 2.24) is 35.1 Å². The molecule has 0 fully saturated rings. The van der Waals surface area contributed by atoms with Gasteiger partial charge in [-0.25, -0.2) is 4.98 Å². The number of fused-ring (bicyclic) bond motifs is 1. The van der Waals surface area contributed by atoms with Crippen LogP contribution in [-0.2, 0) is 19.9 Å². The lowest BCUT2D eigenvalue weighted by Gasteiger charge is -2.38. The summed E-state index contributed by atoms with van der Waals surface area (Å²) in [6.07, 6.45) is 5.35. The number of H-pyrrole nitrogens is 1. The summed E-state index contributed by atoms with van der Waals surface area (Å²) in [5.74, 6) is 2.62. The van der Waals surface area contributed by atoms with Gasteiger partial charge in [0.2, 0.25) is 6.35 Å². The maximum atomic E-state index is 13.1. The number of nitrogens with one attached hydrogen (secondary N) is 1. The van der Waals surface area contributed by atoms with Gasteiger partial charge in [0.1, 0.15) is 5.82 Å². The second-order valence-corrected chi connectivity index (χ2v) is 7.91. The predicted octanol–water partition coefficient (Wildman–Crippen LogP) is 1.49. The molecule has 160 valence electrons. The molecule has 2 N–H and O–H groups in total. The molecule has 2 aromatic rings. The van der Waals surface area contributed by atoms with Crippen molar-refractivity contribution in [3.05, 3.63) is 17.3 Å². The first-order valence-corrected chi connectivity index (χ1v) is 10.4. The molecule has 0 aromatic carbocycles. The largest absolute Gasteiger partial charge is 0.356 e. The number of tetrazole rings is 1. The van der Waals surface area contributed by atoms with Gasteiger partial charge in [-0.3, -0.25) is 9.69 Å². The maximum absolute atomic E-state index is 13.1. The van der Waals surface area contributed by atoms with Crippen molar-refractivity contribution in [2.45, 2.75) is 65.1 Å². The molecule has 1 amide bonds. The van der Waals surface area contributed by atoms with Crippen LogP contribution in [0.25, 0.3) is 0 Å². The fourth-order valence-corrected chi connectivity index (χ4v) is 3.62. The highest BCUT2D eigenvalue weighted by Gasteiger charge is 2.38. The van der Waals surface area contributed by atoms with Crippen LogP contribution >= 0.6 is 0 Å². The van der Waals surface area contributed by atoms with Crippen molar-refractivity contribution in [2.75, 3.05) is 18.5 Å². The highest BCUT2D eigenvalue weighted by atomic mass is 16.3. The van der Waals surface area contributed by atoms with Crippen LogP contribution in [0.15, 0.2) is 0 Å². The number of aliphatic hydroxyl groups is 1. The van der Waals surface area contributed by atoms with E-state index in [4.69, 9.17) is 0 Å². The molecular formula is C19H32N8O2. The average Bonchev–Trinajstić information content (AvgIpc) is 3.34. The number of unbranched alkanes of at least 4 members (excludes halogenated alkanes) is 2. The van der Waals surface area contributed by atoms with Crippen molar-refractivity contribution in [1.29, 1.82) is 0 Å². The van der Waals surface area contributed by atoms with Crippen LogP contribution in [0.1, 0.15) is 68.1 Å². The topological polar surface area (TPSA) is 116 Å². The van der Waals surface area contributed by atoms with Crippen molar-refractivity contribution >= 4 is 11.7 Å². The molecule has 1 aliphatic rings. The number of hydrogen-bond acceptors (Lipinski definition) is 7. The number of aliphatic hydroxyl groups excluding tert-OH is 1. The number of imidazole rings is 1. The molecule has 10 nitrogen and oxygen atoms in total. The van der Waals surface area contributed by atoms with Gasteiger partial charge in [0.25, 0.3) is 5.91 Å². The fourth-order valence-electron chi connectivity index (χ4n) is 3.62. The number of nitrogens with zero attached hydrogens (tertiary/aromatic N) is 7. The minimum absolute atomic E-state index is 0.159. The molecule has 3 rings (SSSR count). The first-order chi connectivity index (χ1) is 13.9. The van der Waals surface area contributed by atoms with Crippen molar-refractivity contribution in [2.24, 2.45) is 13.0 Å². The van der Waals surface area contributed by atoms with Crippen LogP contribution in [0.3, 0.4) is 0 Å². The van der Waals surface area contributed by atoms with Gasteiger partial charge < -0.3 is 14.6 Å². The zero-order valence-electron chi connectivity index (χ0n) is 17.8. The van der Waals surface area contributed by atoms with Gasteiger partial charge >= 0.3 is 0 Å². The second-order valence-electron chi connectivity index (χ2n) is 7.91. The quantitative estimate of drug-likeness (QED) is 0.576. The van der Waals surface area contributed by atoms with E-state index in [0.717, 1.165) is 50.8 Å².